The molecule has 0 aliphatic carbocycles. The molecule has 0 spiro atoms. The van der Waals surface area contributed by atoms with Crippen LogP contribution in [0.5, 0.6) is 5.75 Å². The van der Waals surface area contributed by atoms with Gasteiger partial charge >= 0.3 is 0 Å². The second-order valence-corrected chi connectivity index (χ2v) is 7.44. The quantitative estimate of drug-likeness (QED) is 0.707. The molecule has 3 fully saturated rings. The lowest BCUT2D eigenvalue weighted by atomic mass is 9.75. The van der Waals surface area contributed by atoms with Crippen molar-refractivity contribution in [2.45, 2.75) is 31.3 Å². The van der Waals surface area contributed by atoms with E-state index in [-0.39, 0.29) is 0 Å². The Morgan fingerprint density at radius 3 is 2.71 bits per heavy atom. The third-order valence-electron chi connectivity index (χ3n) is 5.64. The van der Waals surface area contributed by atoms with Gasteiger partial charge in [0.1, 0.15) is 11.4 Å². The number of nitrogen functional groups attached to an aromatic ring is 1. The molecule has 130 valence electrons. The molecule has 0 radical (unpaired) electrons. The summed E-state index contributed by atoms with van der Waals surface area (Å²) < 4.78 is 6.05. The first kappa shape index (κ1) is 15.8. The fourth-order valence-electron chi connectivity index (χ4n) is 4.29. The molecule has 5 rings (SSSR count). The maximum absolute atomic E-state index is 11.7. The van der Waals surface area contributed by atoms with Crippen LogP contribution >= 0.6 is 11.6 Å². The van der Waals surface area contributed by atoms with E-state index >= 15 is 0 Å². The van der Waals surface area contributed by atoms with Crippen molar-refractivity contribution in [2.24, 2.45) is 11.7 Å². The molecule has 1 aromatic rings. The summed E-state index contributed by atoms with van der Waals surface area (Å²) in [6.07, 6.45) is 2.25. The van der Waals surface area contributed by atoms with Gasteiger partial charge in [0.2, 0.25) is 0 Å². The monoisotopic (exact) mass is 350 g/mol. The molecular weight excluding hydrogens is 328 g/mol. The SMILES string of the molecule is NC(=O)C1CCNc2c(N)c(Cl)cc(C3CN4CCC3CC4)c2O1. The van der Waals surface area contributed by atoms with Crippen LogP contribution in [-0.4, -0.2) is 43.1 Å². The number of nitrogens with zero attached hydrogens (tertiary/aromatic N) is 1. The van der Waals surface area contributed by atoms with Crippen LogP contribution in [0.25, 0.3) is 0 Å². The van der Waals surface area contributed by atoms with Gasteiger partial charge in [0.15, 0.2) is 6.10 Å². The fourth-order valence-corrected chi connectivity index (χ4v) is 4.50. The van der Waals surface area contributed by atoms with Crippen molar-refractivity contribution in [2.75, 3.05) is 37.2 Å². The van der Waals surface area contributed by atoms with Gasteiger partial charge in [0, 0.05) is 31.0 Å². The molecule has 3 saturated heterocycles. The van der Waals surface area contributed by atoms with E-state index in [1.54, 1.807) is 0 Å². The Hall–Kier alpha value is -1.66. The molecule has 0 saturated carbocycles. The molecular formula is C17H23ClN4O2. The minimum absolute atomic E-state index is 0.354. The molecule has 24 heavy (non-hydrogen) atoms. The highest BCUT2D eigenvalue weighted by Crippen LogP contribution is 2.49. The Morgan fingerprint density at radius 2 is 2.08 bits per heavy atom. The fraction of sp³-hybridized carbons (Fsp3) is 0.588. The van der Waals surface area contributed by atoms with Gasteiger partial charge in [-0.2, -0.15) is 0 Å². The van der Waals surface area contributed by atoms with Crippen LogP contribution in [-0.2, 0) is 4.79 Å². The number of fused-ring (bicyclic) bond motifs is 4. The standard InChI is InChI=1S/C17H23ClN4O2/c18-12-7-10(11-8-22-5-2-9(11)3-6-22)16-15(14(12)19)21-4-1-13(24-16)17(20)23/h7,9,11,13,21H,1-6,8,19H2,(H2,20,23). The van der Waals surface area contributed by atoms with E-state index in [0.717, 1.165) is 25.2 Å². The number of halogens is 1. The van der Waals surface area contributed by atoms with Crippen LogP contribution in [0, 0.1) is 5.92 Å². The number of anilines is 2. The Bertz CT molecular complexity index is 673. The smallest absolute Gasteiger partial charge is 0.258 e. The Balaban J connectivity index is 1.79. The lowest BCUT2D eigenvalue weighted by Crippen LogP contribution is -2.46. The van der Waals surface area contributed by atoms with Crippen molar-refractivity contribution in [1.29, 1.82) is 0 Å². The van der Waals surface area contributed by atoms with Gasteiger partial charge in [-0.25, -0.2) is 0 Å². The molecule has 5 N–H and O–H groups in total. The lowest BCUT2D eigenvalue weighted by Gasteiger charge is -2.45. The number of rotatable bonds is 2. The number of ether oxygens (including phenoxy) is 1. The number of nitrogens with one attached hydrogen (secondary N) is 1. The molecule has 4 aliphatic rings. The first-order valence-electron chi connectivity index (χ1n) is 8.58. The Kier molecular flexibility index (Phi) is 3.96. The van der Waals surface area contributed by atoms with Gasteiger partial charge in [-0.1, -0.05) is 11.6 Å². The normalized spacial score (nSPS) is 31.5. The number of carbonyl (C=O) groups excluding carboxylic acids is 1. The highest BCUT2D eigenvalue weighted by molar-refractivity contribution is 6.34. The highest BCUT2D eigenvalue weighted by Gasteiger charge is 2.38. The average Bonchev–Trinajstić information content (AvgIpc) is 2.82. The van der Waals surface area contributed by atoms with Gasteiger partial charge in [-0.15, -0.1) is 0 Å². The summed E-state index contributed by atoms with van der Waals surface area (Å²) in [5, 5.41) is 3.82. The third-order valence-corrected chi connectivity index (χ3v) is 5.95. The molecule has 7 heteroatoms. The van der Waals surface area contributed by atoms with Crippen LogP contribution < -0.4 is 21.5 Å². The molecule has 4 aliphatic heterocycles. The van der Waals surface area contributed by atoms with Crippen LogP contribution in [0.1, 0.15) is 30.7 Å². The zero-order valence-corrected chi connectivity index (χ0v) is 14.3. The van der Waals surface area contributed by atoms with Gasteiger partial charge in [-0.3, -0.25) is 4.79 Å². The maximum atomic E-state index is 11.7. The van der Waals surface area contributed by atoms with Crippen molar-refractivity contribution in [3.63, 3.8) is 0 Å². The molecule has 4 heterocycles. The topological polar surface area (TPSA) is 93.6 Å². The van der Waals surface area contributed by atoms with E-state index in [0.29, 0.717) is 46.9 Å². The van der Waals surface area contributed by atoms with E-state index in [9.17, 15) is 4.79 Å². The van der Waals surface area contributed by atoms with Crippen molar-refractivity contribution < 1.29 is 9.53 Å². The number of hydrogen-bond donors (Lipinski definition) is 3. The summed E-state index contributed by atoms with van der Waals surface area (Å²) in [6.45, 7) is 3.90. The molecule has 6 nitrogen and oxygen atoms in total. The molecule has 0 aromatic heterocycles. The number of benzene rings is 1. The van der Waals surface area contributed by atoms with Gasteiger partial charge in [-0.05, 0) is 37.9 Å². The Morgan fingerprint density at radius 1 is 1.33 bits per heavy atom. The van der Waals surface area contributed by atoms with Crippen molar-refractivity contribution in [3.8, 4) is 5.75 Å². The number of amides is 1. The summed E-state index contributed by atoms with van der Waals surface area (Å²) in [7, 11) is 0. The molecule has 1 aromatic carbocycles. The van der Waals surface area contributed by atoms with Crippen molar-refractivity contribution in [1.82, 2.24) is 4.90 Å². The Labute approximate surface area is 146 Å². The first-order valence-corrected chi connectivity index (χ1v) is 8.96. The van der Waals surface area contributed by atoms with E-state index < -0.39 is 12.0 Å². The summed E-state index contributed by atoms with van der Waals surface area (Å²) in [5.74, 6) is 1.19. The lowest BCUT2D eigenvalue weighted by molar-refractivity contribution is -0.124. The van der Waals surface area contributed by atoms with Crippen LogP contribution in [0.15, 0.2) is 6.07 Å². The van der Waals surface area contributed by atoms with Crippen LogP contribution in [0.4, 0.5) is 11.4 Å². The number of primary amides is 1. The second-order valence-electron chi connectivity index (χ2n) is 7.03. The number of nitrogens with two attached hydrogens (primary N) is 2. The van der Waals surface area contributed by atoms with Gasteiger partial charge in [0.25, 0.3) is 5.91 Å². The minimum Gasteiger partial charge on any atom is -0.478 e. The summed E-state index contributed by atoms with van der Waals surface area (Å²) in [6, 6.07) is 1.92. The predicted molar refractivity (Wildman–Crippen MR) is 94.5 cm³/mol. The summed E-state index contributed by atoms with van der Waals surface area (Å²) in [5.41, 5.74) is 13.9. The molecule has 2 atom stereocenters. The highest BCUT2D eigenvalue weighted by atomic mass is 35.5. The van der Waals surface area contributed by atoms with E-state index in [2.05, 4.69) is 10.2 Å². The minimum atomic E-state index is -0.640. The average molecular weight is 351 g/mol. The van der Waals surface area contributed by atoms with E-state index in [4.69, 9.17) is 27.8 Å². The van der Waals surface area contributed by atoms with Crippen molar-refractivity contribution in [3.05, 3.63) is 16.7 Å². The number of piperidine rings is 3. The number of hydrogen-bond acceptors (Lipinski definition) is 5. The molecule has 2 unspecified atom stereocenters. The van der Waals surface area contributed by atoms with Crippen molar-refractivity contribution >= 4 is 28.9 Å². The molecule has 2 bridgehead atoms. The van der Waals surface area contributed by atoms with E-state index in [1.807, 2.05) is 6.07 Å². The first-order chi connectivity index (χ1) is 11.5. The predicted octanol–water partition coefficient (Wildman–Crippen LogP) is 1.78. The zero-order valence-electron chi connectivity index (χ0n) is 13.6. The summed E-state index contributed by atoms with van der Waals surface area (Å²) >= 11 is 6.40. The second kappa shape index (κ2) is 6.01. The zero-order chi connectivity index (χ0) is 16.8. The molecule has 1 amide bonds. The largest absolute Gasteiger partial charge is 0.478 e. The number of carbonyl (C=O) groups is 1. The van der Waals surface area contributed by atoms with Gasteiger partial charge < -0.3 is 26.4 Å². The van der Waals surface area contributed by atoms with Crippen LogP contribution in [0.2, 0.25) is 5.02 Å². The van der Waals surface area contributed by atoms with Gasteiger partial charge in [0.05, 0.1) is 10.7 Å². The summed E-state index contributed by atoms with van der Waals surface area (Å²) in [4.78, 5) is 14.2. The maximum Gasteiger partial charge on any atom is 0.258 e. The third kappa shape index (κ3) is 2.58. The van der Waals surface area contributed by atoms with Crippen LogP contribution in [0.3, 0.4) is 0 Å². The van der Waals surface area contributed by atoms with E-state index in [1.165, 1.54) is 12.8 Å².